The minimum Gasteiger partial charge on any atom is -0.271 e. The molecule has 1 unspecified atom stereocenters. The lowest BCUT2D eigenvalue weighted by Crippen LogP contribution is -2.43. The second-order valence-electron chi connectivity index (χ2n) is 5.48. The fraction of sp³-hybridized carbons (Fsp3) is 0.600. The normalized spacial score (nSPS) is 26.7. The van der Waals surface area contributed by atoms with Crippen molar-refractivity contribution in [2.75, 3.05) is 0 Å². The molecule has 2 heteroatoms. The average Bonchev–Trinajstić information content (AvgIpc) is 2.38. The summed E-state index contributed by atoms with van der Waals surface area (Å²) in [6, 6.07) is 11.1. The Hall–Kier alpha value is -0.860. The molecule has 0 amide bonds. The number of rotatable bonds is 4. The molecule has 1 aromatic carbocycles. The molecule has 2 nitrogen and oxygen atoms in total. The van der Waals surface area contributed by atoms with Crippen LogP contribution in [0.1, 0.15) is 38.2 Å². The summed E-state index contributed by atoms with van der Waals surface area (Å²) in [5.74, 6) is 7.39. The summed E-state index contributed by atoms with van der Waals surface area (Å²) in [5, 5.41) is 0. The van der Waals surface area contributed by atoms with E-state index >= 15 is 0 Å². The fourth-order valence-electron chi connectivity index (χ4n) is 2.92. The van der Waals surface area contributed by atoms with Crippen LogP contribution in [-0.2, 0) is 6.42 Å². The molecule has 1 fully saturated rings. The maximum atomic E-state index is 5.74. The molecule has 0 aromatic heterocycles. The van der Waals surface area contributed by atoms with Crippen LogP contribution in [0.5, 0.6) is 0 Å². The molecule has 0 bridgehead atoms. The third-order valence-corrected chi connectivity index (χ3v) is 4.14. The van der Waals surface area contributed by atoms with Crippen molar-refractivity contribution in [2.45, 2.75) is 45.1 Å². The van der Waals surface area contributed by atoms with E-state index in [-0.39, 0.29) is 0 Å². The van der Waals surface area contributed by atoms with Gasteiger partial charge in [0.2, 0.25) is 0 Å². The highest BCUT2D eigenvalue weighted by Gasteiger charge is 2.25. The maximum Gasteiger partial charge on any atom is 0.0279 e. The van der Waals surface area contributed by atoms with E-state index in [1.54, 1.807) is 0 Å². The molecular weight excluding hydrogens is 208 g/mol. The van der Waals surface area contributed by atoms with Gasteiger partial charge in [-0.25, -0.2) is 0 Å². The largest absolute Gasteiger partial charge is 0.271 e. The van der Waals surface area contributed by atoms with Crippen molar-refractivity contribution in [1.82, 2.24) is 5.43 Å². The Kier molecular flexibility index (Phi) is 4.57. The SMILES string of the molecule is CC1CCC(C(Cc2ccccc2)NN)CC1. The van der Waals surface area contributed by atoms with Crippen molar-refractivity contribution in [3.8, 4) is 0 Å². The summed E-state index contributed by atoms with van der Waals surface area (Å²) in [4.78, 5) is 0. The highest BCUT2D eigenvalue weighted by Crippen LogP contribution is 2.31. The lowest BCUT2D eigenvalue weighted by atomic mass is 9.78. The van der Waals surface area contributed by atoms with Gasteiger partial charge in [0, 0.05) is 6.04 Å². The summed E-state index contributed by atoms with van der Waals surface area (Å²) in [5.41, 5.74) is 4.42. The summed E-state index contributed by atoms with van der Waals surface area (Å²) >= 11 is 0. The first-order valence-electron chi connectivity index (χ1n) is 6.79. The van der Waals surface area contributed by atoms with Crippen molar-refractivity contribution in [3.05, 3.63) is 35.9 Å². The van der Waals surface area contributed by atoms with Gasteiger partial charge in [-0.2, -0.15) is 0 Å². The van der Waals surface area contributed by atoms with E-state index in [1.165, 1.54) is 31.2 Å². The van der Waals surface area contributed by atoms with E-state index in [2.05, 4.69) is 42.7 Å². The van der Waals surface area contributed by atoms with Crippen molar-refractivity contribution in [2.24, 2.45) is 17.7 Å². The van der Waals surface area contributed by atoms with Crippen molar-refractivity contribution >= 4 is 0 Å². The minimum atomic E-state index is 0.435. The lowest BCUT2D eigenvalue weighted by Gasteiger charge is -2.32. The number of hydrogen-bond donors (Lipinski definition) is 2. The van der Waals surface area contributed by atoms with Crippen molar-refractivity contribution in [1.29, 1.82) is 0 Å². The van der Waals surface area contributed by atoms with Crippen molar-refractivity contribution in [3.63, 3.8) is 0 Å². The molecule has 0 heterocycles. The fourth-order valence-corrected chi connectivity index (χ4v) is 2.92. The summed E-state index contributed by atoms with van der Waals surface area (Å²) in [6.45, 7) is 2.36. The molecule has 1 aliphatic carbocycles. The van der Waals surface area contributed by atoms with Crippen LogP contribution in [0.2, 0.25) is 0 Å². The summed E-state index contributed by atoms with van der Waals surface area (Å²) in [6.07, 6.45) is 6.41. The average molecular weight is 232 g/mol. The Morgan fingerprint density at radius 3 is 2.41 bits per heavy atom. The van der Waals surface area contributed by atoms with Crippen LogP contribution in [0.3, 0.4) is 0 Å². The zero-order chi connectivity index (χ0) is 12.1. The van der Waals surface area contributed by atoms with Gasteiger partial charge in [0.15, 0.2) is 0 Å². The van der Waals surface area contributed by atoms with Gasteiger partial charge in [0.1, 0.15) is 0 Å². The van der Waals surface area contributed by atoms with Gasteiger partial charge in [0.05, 0.1) is 0 Å². The van der Waals surface area contributed by atoms with Crippen LogP contribution in [0, 0.1) is 11.8 Å². The lowest BCUT2D eigenvalue weighted by molar-refractivity contribution is 0.229. The monoisotopic (exact) mass is 232 g/mol. The summed E-state index contributed by atoms with van der Waals surface area (Å²) < 4.78 is 0. The van der Waals surface area contributed by atoms with Crippen LogP contribution >= 0.6 is 0 Å². The molecule has 17 heavy (non-hydrogen) atoms. The van der Waals surface area contributed by atoms with Crippen LogP contribution < -0.4 is 11.3 Å². The van der Waals surface area contributed by atoms with E-state index in [4.69, 9.17) is 5.84 Å². The third-order valence-electron chi connectivity index (χ3n) is 4.14. The highest BCUT2D eigenvalue weighted by molar-refractivity contribution is 5.16. The van der Waals surface area contributed by atoms with Crippen molar-refractivity contribution < 1.29 is 0 Å². The molecular formula is C15H24N2. The zero-order valence-corrected chi connectivity index (χ0v) is 10.7. The first-order valence-corrected chi connectivity index (χ1v) is 6.79. The molecule has 0 radical (unpaired) electrons. The molecule has 3 N–H and O–H groups in total. The molecule has 0 saturated heterocycles. The Bertz CT molecular complexity index is 315. The second kappa shape index (κ2) is 6.18. The van der Waals surface area contributed by atoms with E-state index in [9.17, 15) is 0 Å². The minimum absolute atomic E-state index is 0.435. The van der Waals surface area contributed by atoms with Gasteiger partial charge in [-0.15, -0.1) is 0 Å². The van der Waals surface area contributed by atoms with E-state index in [0.29, 0.717) is 6.04 Å². The second-order valence-corrected chi connectivity index (χ2v) is 5.48. The molecule has 94 valence electrons. The van der Waals surface area contributed by atoms with Gasteiger partial charge in [-0.3, -0.25) is 11.3 Å². The maximum absolute atomic E-state index is 5.74. The molecule has 2 rings (SSSR count). The van der Waals surface area contributed by atoms with Gasteiger partial charge in [-0.1, -0.05) is 50.1 Å². The van der Waals surface area contributed by atoms with Gasteiger partial charge in [-0.05, 0) is 36.7 Å². The number of hydrogen-bond acceptors (Lipinski definition) is 2. The first-order chi connectivity index (χ1) is 8.29. The Morgan fingerprint density at radius 2 is 1.82 bits per heavy atom. The highest BCUT2D eigenvalue weighted by atomic mass is 15.2. The Balaban J connectivity index is 1.92. The smallest absolute Gasteiger partial charge is 0.0279 e. The first kappa shape index (κ1) is 12.6. The summed E-state index contributed by atoms with van der Waals surface area (Å²) in [7, 11) is 0. The predicted molar refractivity (Wildman–Crippen MR) is 72.4 cm³/mol. The zero-order valence-electron chi connectivity index (χ0n) is 10.7. The molecule has 0 aliphatic heterocycles. The van der Waals surface area contributed by atoms with Crippen LogP contribution in [0.15, 0.2) is 30.3 Å². The third kappa shape index (κ3) is 3.55. The van der Waals surface area contributed by atoms with E-state index in [0.717, 1.165) is 18.3 Å². The van der Waals surface area contributed by atoms with Gasteiger partial charge >= 0.3 is 0 Å². The molecule has 1 saturated carbocycles. The van der Waals surface area contributed by atoms with E-state index in [1.807, 2.05) is 0 Å². The molecule has 1 aromatic rings. The quantitative estimate of drug-likeness (QED) is 0.619. The standard InChI is InChI=1S/C15H24N2/c1-12-7-9-14(10-8-12)15(17-16)11-13-5-3-2-4-6-13/h2-6,12,14-15,17H,7-11,16H2,1H3. The Morgan fingerprint density at radius 1 is 1.18 bits per heavy atom. The number of hydrazine groups is 1. The Labute approximate surface area is 105 Å². The topological polar surface area (TPSA) is 38.0 Å². The van der Waals surface area contributed by atoms with Crippen LogP contribution in [-0.4, -0.2) is 6.04 Å². The molecule has 0 spiro atoms. The molecule has 1 aliphatic rings. The van der Waals surface area contributed by atoms with Crippen LogP contribution in [0.25, 0.3) is 0 Å². The number of nitrogens with two attached hydrogens (primary N) is 1. The van der Waals surface area contributed by atoms with E-state index < -0.39 is 0 Å². The van der Waals surface area contributed by atoms with Gasteiger partial charge < -0.3 is 0 Å². The van der Waals surface area contributed by atoms with Crippen LogP contribution in [0.4, 0.5) is 0 Å². The molecule has 1 atom stereocenters. The number of benzene rings is 1. The predicted octanol–water partition coefficient (Wildman–Crippen LogP) is 2.89. The number of nitrogens with one attached hydrogen (secondary N) is 1. The van der Waals surface area contributed by atoms with Gasteiger partial charge in [0.25, 0.3) is 0 Å².